The van der Waals surface area contributed by atoms with E-state index in [1.807, 2.05) is 0 Å². The maximum absolute atomic E-state index is 11.4. The first-order chi connectivity index (χ1) is 18.1. The van der Waals surface area contributed by atoms with Crippen LogP contribution < -0.4 is 4.74 Å². The monoisotopic (exact) mass is 504 g/mol. The van der Waals surface area contributed by atoms with E-state index in [1.54, 1.807) is 0 Å². The molecule has 0 unspecified atom stereocenters. The molecule has 0 radical (unpaired) electrons. The first-order valence-corrected chi connectivity index (χ1v) is 14.3. The highest BCUT2D eigenvalue weighted by molar-refractivity contribution is 5.81. The molecule has 0 bridgehead atoms. The van der Waals surface area contributed by atoms with Crippen LogP contribution >= 0.6 is 0 Å². The number of esters is 1. The molecule has 37 heavy (non-hydrogen) atoms. The summed E-state index contributed by atoms with van der Waals surface area (Å²) in [5.41, 5.74) is 4.74. The van der Waals surface area contributed by atoms with Crippen molar-refractivity contribution in [1.82, 2.24) is 0 Å². The summed E-state index contributed by atoms with van der Waals surface area (Å²) in [6.45, 7) is 6.56. The molecule has 0 aliphatic heterocycles. The van der Waals surface area contributed by atoms with Gasteiger partial charge >= 0.3 is 5.97 Å². The second kappa shape index (κ2) is 13.8. The number of carbonyl (C=O) groups excluding carboxylic acids is 1. The van der Waals surface area contributed by atoms with Crippen molar-refractivity contribution >= 4 is 5.97 Å². The van der Waals surface area contributed by atoms with E-state index in [-0.39, 0.29) is 13.2 Å². The maximum Gasteiger partial charge on any atom is 0.330 e. The van der Waals surface area contributed by atoms with Gasteiger partial charge in [-0.25, -0.2) is 4.79 Å². The molecule has 0 aromatic heterocycles. The topological polar surface area (TPSA) is 55.8 Å². The molecule has 0 amide bonds. The van der Waals surface area contributed by atoms with Crippen molar-refractivity contribution in [2.75, 3.05) is 19.8 Å². The third-order valence-electron chi connectivity index (χ3n) is 8.62. The minimum Gasteiger partial charge on any atom is -0.489 e. The summed E-state index contributed by atoms with van der Waals surface area (Å²) < 4.78 is 11.3. The van der Waals surface area contributed by atoms with Crippen LogP contribution in [0.5, 0.6) is 5.75 Å². The number of hydrogen-bond acceptors (Lipinski definition) is 4. The van der Waals surface area contributed by atoms with E-state index in [4.69, 9.17) is 14.6 Å². The van der Waals surface area contributed by atoms with E-state index in [0.717, 1.165) is 47.5 Å². The zero-order valence-electron chi connectivity index (χ0n) is 22.5. The molecule has 2 saturated carbocycles. The van der Waals surface area contributed by atoms with Crippen LogP contribution in [0.1, 0.15) is 81.8 Å². The Labute approximate surface area is 223 Å². The van der Waals surface area contributed by atoms with Crippen molar-refractivity contribution in [3.63, 3.8) is 0 Å². The Balaban J connectivity index is 1.45. The molecule has 1 N–H and O–H groups in total. The standard InChI is InChI=1S/C33H44O4/c1-3-33(35)37-22-21-36-32-23-30(18-19-31(32)29-12-8-25(9-13-29)5-4-20-34)28-16-14-27(15-17-28)26-10-6-24(2)7-11-26/h3,8-9,12-13,18-19,23-24,26-28,34H,1,4-7,10-11,14-17,20-22H2,2H3. The molecule has 0 saturated heterocycles. The van der Waals surface area contributed by atoms with Crippen molar-refractivity contribution < 1.29 is 19.4 Å². The van der Waals surface area contributed by atoms with Crippen LogP contribution in [0.15, 0.2) is 55.1 Å². The molecule has 2 aliphatic carbocycles. The Bertz CT molecular complexity index is 995. The number of carbonyl (C=O) groups is 1. The van der Waals surface area contributed by atoms with Crippen molar-refractivity contribution in [2.45, 2.75) is 77.0 Å². The lowest BCUT2D eigenvalue weighted by Crippen LogP contribution is -2.24. The van der Waals surface area contributed by atoms with E-state index in [9.17, 15) is 4.79 Å². The van der Waals surface area contributed by atoms with Crippen LogP contribution in [0.25, 0.3) is 11.1 Å². The second-order valence-electron chi connectivity index (χ2n) is 11.1. The van der Waals surface area contributed by atoms with Crippen LogP contribution in [-0.2, 0) is 16.0 Å². The van der Waals surface area contributed by atoms with Crippen LogP contribution in [0.4, 0.5) is 0 Å². The Morgan fingerprint density at radius 3 is 2.27 bits per heavy atom. The van der Waals surface area contributed by atoms with Crippen LogP contribution in [0, 0.1) is 17.8 Å². The maximum atomic E-state index is 11.4. The van der Waals surface area contributed by atoms with E-state index in [2.05, 4.69) is 56.0 Å². The number of rotatable bonds is 11. The molecular formula is C33H44O4. The van der Waals surface area contributed by atoms with Crippen molar-refractivity contribution in [3.05, 3.63) is 66.2 Å². The highest BCUT2D eigenvalue weighted by atomic mass is 16.6. The summed E-state index contributed by atoms with van der Waals surface area (Å²) >= 11 is 0. The van der Waals surface area contributed by atoms with E-state index < -0.39 is 5.97 Å². The lowest BCUT2D eigenvalue weighted by Gasteiger charge is -2.37. The van der Waals surface area contributed by atoms with Gasteiger partial charge in [-0.2, -0.15) is 0 Å². The number of aliphatic hydroxyl groups is 1. The lowest BCUT2D eigenvalue weighted by molar-refractivity contribution is -0.138. The Morgan fingerprint density at radius 1 is 0.946 bits per heavy atom. The average Bonchev–Trinajstić information content (AvgIpc) is 2.95. The third kappa shape index (κ3) is 7.70. The Kier molecular flexibility index (Phi) is 10.2. The average molecular weight is 505 g/mol. The molecule has 2 aromatic rings. The largest absolute Gasteiger partial charge is 0.489 e. The van der Waals surface area contributed by atoms with Gasteiger partial charge in [-0.3, -0.25) is 0 Å². The summed E-state index contributed by atoms with van der Waals surface area (Å²) in [5.74, 6) is 3.76. The van der Waals surface area contributed by atoms with Gasteiger partial charge < -0.3 is 14.6 Å². The molecule has 0 spiro atoms. The number of ether oxygens (including phenoxy) is 2. The first kappa shape index (κ1) is 27.4. The summed E-state index contributed by atoms with van der Waals surface area (Å²) in [5, 5.41) is 9.12. The molecule has 0 atom stereocenters. The summed E-state index contributed by atoms with van der Waals surface area (Å²) in [7, 11) is 0. The van der Waals surface area contributed by atoms with Gasteiger partial charge in [-0.15, -0.1) is 0 Å². The van der Waals surface area contributed by atoms with Gasteiger partial charge in [-0.05, 0) is 97.8 Å². The van der Waals surface area contributed by atoms with Gasteiger partial charge in [0.1, 0.15) is 19.0 Å². The normalized spacial score (nSPS) is 23.8. The number of hydrogen-bond donors (Lipinski definition) is 1. The SMILES string of the molecule is C=CC(=O)OCCOc1cc(C2CCC(C3CCC(C)CC3)CC2)ccc1-c1ccc(CCCO)cc1. The molecule has 0 heterocycles. The molecule has 2 aromatic carbocycles. The van der Waals surface area contributed by atoms with Gasteiger partial charge in [-0.1, -0.05) is 62.7 Å². The molecular weight excluding hydrogens is 460 g/mol. The van der Waals surface area contributed by atoms with E-state index in [1.165, 1.54) is 68.6 Å². The zero-order valence-corrected chi connectivity index (χ0v) is 22.5. The minimum absolute atomic E-state index is 0.194. The van der Waals surface area contributed by atoms with Crippen LogP contribution in [0.2, 0.25) is 0 Å². The van der Waals surface area contributed by atoms with Crippen molar-refractivity contribution in [1.29, 1.82) is 0 Å². The van der Waals surface area contributed by atoms with Gasteiger partial charge in [0.25, 0.3) is 0 Å². The van der Waals surface area contributed by atoms with Crippen LogP contribution in [-0.4, -0.2) is 30.9 Å². The smallest absolute Gasteiger partial charge is 0.330 e. The highest BCUT2D eigenvalue weighted by Gasteiger charge is 2.30. The Morgan fingerprint density at radius 2 is 1.62 bits per heavy atom. The lowest BCUT2D eigenvalue weighted by atomic mass is 9.68. The third-order valence-corrected chi connectivity index (χ3v) is 8.62. The van der Waals surface area contributed by atoms with Gasteiger partial charge in [0, 0.05) is 18.2 Å². The quantitative estimate of drug-likeness (QED) is 0.196. The highest BCUT2D eigenvalue weighted by Crippen LogP contribution is 2.45. The minimum atomic E-state index is -0.430. The molecule has 2 aliphatic rings. The molecule has 2 fully saturated rings. The molecule has 200 valence electrons. The number of aliphatic hydroxyl groups excluding tert-OH is 1. The fourth-order valence-electron chi connectivity index (χ4n) is 6.32. The Hall–Kier alpha value is -2.59. The molecule has 4 heteroatoms. The first-order valence-electron chi connectivity index (χ1n) is 14.3. The number of aryl methyl sites for hydroxylation is 1. The molecule has 4 rings (SSSR count). The summed E-state index contributed by atoms with van der Waals surface area (Å²) in [6, 6.07) is 15.2. The van der Waals surface area contributed by atoms with Crippen LogP contribution in [0.3, 0.4) is 0 Å². The fraction of sp³-hybridized carbons (Fsp3) is 0.545. The van der Waals surface area contributed by atoms with Gasteiger partial charge in [0.2, 0.25) is 0 Å². The number of benzene rings is 2. The summed E-state index contributed by atoms with van der Waals surface area (Å²) in [6.07, 6.45) is 13.7. The zero-order chi connectivity index (χ0) is 26.0. The van der Waals surface area contributed by atoms with E-state index in [0.29, 0.717) is 12.5 Å². The van der Waals surface area contributed by atoms with Gasteiger partial charge in [0.15, 0.2) is 0 Å². The predicted octanol–water partition coefficient (Wildman–Crippen LogP) is 7.49. The fourth-order valence-corrected chi connectivity index (χ4v) is 6.32. The van der Waals surface area contributed by atoms with Gasteiger partial charge in [0.05, 0.1) is 0 Å². The summed E-state index contributed by atoms with van der Waals surface area (Å²) in [4.78, 5) is 11.4. The molecule has 4 nitrogen and oxygen atoms in total. The van der Waals surface area contributed by atoms with Crippen molar-refractivity contribution in [3.8, 4) is 16.9 Å². The second-order valence-corrected chi connectivity index (χ2v) is 11.1. The predicted molar refractivity (Wildman–Crippen MR) is 150 cm³/mol. The van der Waals surface area contributed by atoms with E-state index >= 15 is 0 Å². The van der Waals surface area contributed by atoms with Crippen molar-refractivity contribution in [2.24, 2.45) is 17.8 Å².